The molecule has 2 aliphatic rings. The van der Waals surface area contributed by atoms with Crippen molar-refractivity contribution in [3.8, 4) is 0 Å². The molecule has 2 rings (SSSR count). The first-order chi connectivity index (χ1) is 9.24. The molecule has 0 aromatic heterocycles. The van der Waals surface area contributed by atoms with Gasteiger partial charge in [-0.3, -0.25) is 0 Å². The van der Waals surface area contributed by atoms with Crippen LogP contribution in [0, 0.1) is 0 Å². The molecule has 0 aromatic carbocycles. The van der Waals surface area contributed by atoms with E-state index in [4.69, 9.17) is 0 Å². The van der Waals surface area contributed by atoms with E-state index >= 15 is 0 Å². The van der Waals surface area contributed by atoms with Crippen molar-refractivity contribution in [1.29, 1.82) is 0 Å². The third kappa shape index (κ3) is 2.87. The molecule has 0 atom stereocenters. The Labute approximate surface area is 151 Å². The second-order valence-electron chi connectivity index (χ2n) is 7.48. The molecule has 0 amide bonds. The van der Waals surface area contributed by atoms with Crippen LogP contribution in [-0.2, 0) is 17.4 Å². The van der Waals surface area contributed by atoms with Gasteiger partial charge in [-0.15, -0.1) is 24.8 Å². The number of rotatable bonds is 4. The Kier molecular flexibility index (Phi) is 7.91. The summed E-state index contributed by atoms with van der Waals surface area (Å²) < 4.78 is 5.36. The van der Waals surface area contributed by atoms with Crippen LogP contribution >= 0.6 is 24.8 Å². The molecule has 126 valence electrons. The molecule has 4 heteroatoms. The van der Waals surface area contributed by atoms with Crippen molar-refractivity contribution in [2.24, 2.45) is 0 Å². The summed E-state index contributed by atoms with van der Waals surface area (Å²) in [7, 11) is 0. The van der Waals surface area contributed by atoms with Crippen molar-refractivity contribution < 1.29 is 17.4 Å². The molecule has 0 bridgehead atoms. The van der Waals surface area contributed by atoms with Gasteiger partial charge >= 0.3 is 128 Å². The van der Waals surface area contributed by atoms with E-state index in [1.807, 2.05) is 6.56 Å². The summed E-state index contributed by atoms with van der Waals surface area (Å²) in [5, 5.41) is 0. The largest absolute Gasteiger partial charge is 0.147 e. The fourth-order valence-corrected chi connectivity index (χ4v) is 28.9. The summed E-state index contributed by atoms with van der Waals surface area (Å²) in [4.78, 5) is 0. The maximum Gasteiger partial charge on any atom is -0.147 e. The van der Waals surface area contributed by atoms with Crippen molar-refractivity contribution >= 4 is 31.7 Å². The Bertz CT molecular complexity index is 565. The van der Waals surface area contributed by atoms with Gasteiger partial charge in [-0.2, -0.15) is 0 Å². The van der Waals surface area contributed by atoms with Crippen LogP contribution in [0.15, 0.2) is 42.0 Å². The summed E-state index contributed by atoms with van der Waals surface area (Å²) in [5.41, 5.74) is 3.17. The third-order valence-corrected chi connectivity index (χ3v) is 44.0. The van der Waals surface area contributed by atoms with Crippen molar-refractivity contribution in [2.75, 3.05) is 0 Å². The minimum atomic E-state index is -3.16. The van der Waals surface area contributed by atoms with Crippen LogP contribution in [0.25, 0.3) is 0 Å². The van der Waals surface area contributed by atoms with E-state index in [0.717, 1.165) is 7.25 Å². The maximum absolute atomic E-state index is 3.16. The molecule has 0 nitrogen and oxygen atoms in total. The van der Waals surface area contributed by atoms with Gasteiger partial charge < -0.3 is 0 Å². The monoisotopic (exact) mass is 436 g/mol. The van der Waals surface area contributed by atoms with Gasteiger partial charge in [0.1, 0.15) is 0 Å². The van der Waals surface area contributed by atoms with Crippen LogP contribution in [0.1, 0.15) is 54.4 Å². The van der Waals surface area contributed by atoms with Gasteiger partial charge in [0.05, 0.1) is 0 Å². The van der Waals surface area contributed by atoms with E-state index in [2.05, 4.69) is 72.7 Å². The van der Waals surface area contributed by atoms with Gasteiger partial charge in [-0.25, -0.2) is 0 Å². The van der Waals surface area contributed by atoms with Crippen LogP contribution in [-0.4, -0.2) is 6.88 Å². The average Bonchev–Trinajstić information content (AvgIpc) is 2.97. The first-order valence-electron chi connectivity index (χ1n) is 8.01. The van der Waals surface area contributed by atoms with Crippen molar-refractivity contribution in [1.82, 2.24) is 0 Å². The van der Waals surface area contributed by atoms with Gasteiger partial charge in [-0.05, 0) is 0 Å². The zero-order chi connectivity index (χ0) is 15.2. The van der Waals surface area contributed by atoms with Crippen LogP contribution < -0.4 is 0 Å². The van der Waals surface area contributed by atoms with E-state index in [1.165, 1.54) is 12.8 Å². The Morgan fingerprint density at radius 2 is 1.14 bits per heavy atom. The molecule has 0 saturated carbocycles. The van der Waals surface area contributed by atoms with Gasteiger partial charge in [0.2, 0.25) is 0 Å². The molecule has 0 saturated heterocycles. The first kappa shape index (κ1) is 22.6. The fourth-order valence-electron chi connectivity index (χ4n) is 4.89. The molecular formula is C18H32Cl2SiZr. The third-order valence-electron chi connectivity index (χ3n) is 6.40. The van der Waals surface area contributed by atoms with Gasteiger partial charge in [0.15, 0.2) is 0 Å². The van der Waals surface area contributed by atoms with Crippen LogP contribution in [0.2, 0.25) is 7.25 Å². The molecule has 22 heavy (non-hydrogen) atoms. The van der Waals surface area contributed by atoms with E-state index in [-0.39, 0.29) is 24.8 Å². The van der Waals surface area contributed by atoms with Crippen molar-refractivity contribution in [3.63, 3.8) is 0 Å². The smallest absolute Gasteiger partial charge is 0.147 e. The SMILES string of the molecule is CC1=[C]([Zr](=[SiH2])([C]2=C(C)C=CC2)([CH](C)C)[CH](C)C)CC=C1.Cl.Cl. The standard InChI is InChI=1S/2C6H7.2C3H7.2ClH.H2Si.Zr/c2*1-6-4-2-3-5-6;2*1-3-2;;;;/h2*2,4H,3H2,1H3;2*3H,1-2H3;2*1H;1H2;. The summed E-state index contributed by atoms with van der Waals surface area (Å²) in [5.74, 6) is 0. The second kappa shape index (κ2) is 7.68. The molecule has 0 fully saturated rings. The average molecular weight is 439 g/mol. The molecule has 2 aliphatic carbocycles. The normalized spacial score (nSPS) is 18.4. The first-order valence-corrected chi connectivity index (χ1v) is 19.2. The molecule has 0 radical (unpaired) electrons. The predicted octanol–water partition coefficient (Wildman–Crippen LogP) is 6.19. The molecule has 0 heterocycles. The molecule has 0 unspecified atom stereocenters. The molecular weight excluding hydrogens is 406 g/mol. The fraction of sp³-hybridized carbons (Fsp3) is 0.556. The zero-order valence-electron chi connectivity index (χ0n) is 14.9. The Morgan fingerprint density at radius 3 is 1.32 bits per heavy atom. The Balaban J connectivity index is 0.00000220. The number of halogens is 2. The van der Waals surface area contributed by atoms with Gasteiger partial charge in [-0.1, -0.05) is 0 Å². The van der Waals surface area contributed by atoms with Gasteiger partial charge in [0.25, 0.3) is 0 Å². The topological polar surface area (TPSA) is 0 Å². The van der Waals surface area contributed by atoms with Crippen LogP contribution in [0.5, 0.6) is 0 Å². The van der Waals surface area contributed by atoms with Crippen molar-refractivity contribution in [2.45, 2.75) is 61.6 Å². The molecule has 0 aromatic rings. The van der Waals surface area contributed by atoms with Crippen LogP contribution in [0.4, 0.5) is 0 Å². The van der Waals surface area contributed by atoms with E-state index in [0.29, 0.717) is 0 Å². The van der Waals surface area contributed by atoms with E-state index < -0.39 is 17.4 Å². The molecule has 0 N–H and O–H groups in total. The molecule has 0 spiro atoms. The minimum absolute atomic E-state index is 0. The summed E-state index contributed by atoms with van der Waals surface area (Å²) in [6, 6.07) is 0. The predicted molar refractivity (Wildman–Crippen MR) is 106 cm³/mol. The van der Waals surface area contributed by atoms with E-state index in [9.17, 15) is 0 Å². The number of hydrogen-bond donors (Lipinski definition) is 0. The number of hydrogen-bond acceptors (Lipinski definition) is 0. The molecule has 0 aliphatic heterocycles. The van der Waals surface area contributed by atoms with Gasteiger partial charge in [0, 0.05) is 0 Å². The summed E-state index contributed by atoms with van der Waals surface area (Å²) in [6.45, 7) is 17.2. The summed E-state index contributed by atoms with van der Waals surface area (Å²) in [6.07, 6.45) is 12.0. The zero-order valence-corrected chi connectivity index (χ0v) is 20.4. The Morgan fingerprint density at radius 1 is 0.818 bits per heavy atom. The van der Waals surface area contributed by atoms with E-state index in [1.54, 1.807) is 11.1 Å². The quantitative estimate of drug-likeness (QED) is 0.459. The minimum Gasteiger partial charge on any atom is -0.147 e. The van der Waals surface area contributed by atoms with Crippen LogP contribution in [0.3, 0.4) is 0 Å². The number of allylic oxidation sites excluding steroid dienone is 8. The maximum atomic E-state index is 2.51. The Hall–Kier alpha value is 0.640. The second-order valence-corrected chi connectivity index (χ2v) is 33.2. The van der Waals surface area contributed by atoms with Crippen molar-refractivity contribution in [3.05, 3.63) is 42.0 Å². The summed E-state index contributed by atoms with van der Waals surface area (Å²) >= 11 is -3.16.